The number of unbranched alkanes of at least 4 members (excludes halogenated alkanes) is 4. The summed E-state index contributed by atoms with van der Waals surface area (Å²) in [6, 6.07) is 0. The molecule has 0 saturated carbocycles. The number of carboxylic acids is 1. The van der Waals surface area contributed by atoms with Crippen molar-refractivity contribution in [2.24, 2.45) is 0 Å². The van der Waals surface area contributed by atoms with Gasteiger partial charge in [0.05, 0.1) is 0 Å². The zero-order valence-corrected chi connectivity index (χ0v) is 12.4. The Morgan fingerprint density at radius 3 is 1.67 bits per heavy atom. The van der Waals surface area contributed by atoms with Crippen molar-refractivity contribution in [3.8, 4) is 0 Å². The molecule has 0 unspecified atom stereocenters. The SMILES string of the molecule is CCCCCC(C(=O)O)=C(CCCC)CCCC. The fourth-order valence-electron chi connectivity index (χ4n) is 2.19. The summed E-state index contributed by atoms with van der Waals surface area (Å²) in [4.78, 5) is 11.4. The highest BCUT2D eigenvalue weighted by molar-refractivity contribution is 5.87. The van der Waals surface area contributed by atoms with Crippen LogP contribution in [0.1, 0.15) is 85.0 Å². The van der Waals surface area contributed by atoms with Gasteiger partial charge in [0.25, 0.3) is 0 Å². The van der Waals surface area contributed by atoms with E-state index in [0.717, 1.165) is 64.2 Å². The van der Waals surface area contributed by atoms with Gasteiger partial charge in [-0.3, -0.25) is 0 Å². The fourth-order valence-corrected chi connectivity index (χ4v) is 2.19. The molecule has 0 fully saturated rings. The molecule has 0 aromatic rings. The standard InChI is InChI=1S/C16H30O2/c1-4-7-10-13-15(16(17)18)14(11-8-5-2)12-9-6-3/h4-13H2,1-3H3,(H,17,18). The van der Waals surface area contributed by atoms with Crippen molar-refractivity contribution in [1.82, 2.24) is 0 Å². The predicted octanol–water partition coefficient (Wildman–Crippen LogP) is 5.33. The maximum Gasteiger partial charge on any atom is 0.331 e. The normalized spacial score (nSPS) is 10.4. The van der Waals surface area contributed by atoms with E-state index >= 15 is 0 Å². The van der Waals surface area contributed by atoms with Crippen molar-refractivity contribution in [2.75, 3.05) is 0 Å². The Kier molecular flexibility index (Phi) is 10.8. The van der Waals surface area contributed by atoms with Crippen LogP contribution in [0.2, 0.25) is 0 Å². The Morgan fingerprint density at radius 2 is 1.28 bits per heavy atom. The van der Waals surface area contributed by atoms with Crippen LogP contribution in [0.3, 0.4) is 0 Å². The van der Waals surface area contributed by atoms with Crippen molar-refractivity contribution >= 4 is 5.97 Å². The summed E-state index contributed by atoms with van der Waals surface area (Å²) in [5.74, 6) is -0.687. The number of carbonyl (C=O) groups is 1. The number of aliphatic carboxylic acids is 1. The van der Waals surface area contributed by atoms with Crippen LogP contribution >= 0.6 is 0 Å². The van der Waals surface area contributed by atoms with E-state index in [1.54, 1.807) is 0 Å². The van der Waals surface area contributed by atoms with Crippen molar-refractivity contribution < 1.29 is 9.90 Å². The van der Waals surface area contributed by atoms with Crippen molar-refractivity contribution in [3.63, 3.8) is 0 Å². The fraction of sp³-hybridized carbons (Fsp3) is 0.812. The number of hydrogen-bond acceptors (Lipinski definition) is 1. The molecule has 0 atom stereocenters. The smallest absolute Gasteiger partial charge is 0.331 e. The summed E-state index contributed by atoms with van der Waals surface area (Å²) in [7, 11) is 0. The summed E-state index contributed by atoms with van der Waals surface area (Å²) in [5, 5.41) is 9.38. The Hall–Kier alpha value is -0.790. The molecule has 0 amide bonds. The van der Waals surface area contributed by atoms with Gasteiger partial charge in [-0.1, -0.05) is 52.0 Å². The second-order valence-corrected chi connectivity index (χ2v) is 5.05. The maximum absolute atomic E-state index is 11.4. The number of allylic oxidation sites excluding steroid dienone is 1. The van der Waals surface area contributed by atoms with E-state index in [2.05, 4.69) is 20.8 Å². The summed E-state index contributed by atoms with van der Waals surface area (Å²) >= 11 is 0. The molecule has 18 heavy (non-hydrogen) atoms. The zero-order valence-electron chi connectivity index (χ0n) is 12.4. The lowest BCUT2D eigenvalue weighted by Crippen LogP contribution is -2.06. The van der Waals surface area contributed by atoms with E-state index in [4.69, 9.17) is 0 Å². The number of carboxylic acid groups (broad SMARTS) is 1. The molecule has 0 rings (SSSR count). The van der Waals surface area contributed by atoms with Crippen molar-refractivity contribution in [2.45, 2.75) is 85.0 Å². The molecule has 0 radical (unpaired) electrons. The summed E-state index contributed by atoms with van der Waals surface area (Å²) in [6.45, 7) is 6.48. The van der Waals surface area contributed by atoms with E-state index in [1.165, 1.54) is 5.57 Å². The van der Waals surface area contributed by atoms with Gasteiger partial charge >= 0.3 is 5.97 Å². The van der Waals surface area contributed by atoms with Crippen LogP contribution in [-0.2, 0) is 4.79 Å². The second kappa shape index (κ2) is 11.3. The van der Waals surface area contributed by atoms with Gasteiger partial charge in [-0.05, 0) is 38.5 Å². The molecule has 2 heteroatoms. The molecule has 1 N–H and O–H groups in total. The van der Waals surface area contributed by atoms with Crippen molar-refractivity contribution in [1.29, 1.82) is 0 Å². The van der Waals surface area contributed by atoms with Gasteiger partial charge in [-0.15, -0.1) is 0 Å². The lowest BCUT2D eigenvalue weighted by atomic mass is 9.94. The minimum atomic E-state index is -0.687. The highest BCUT2D eigenvalue weighted by Crippen LogP contribution is 2.23. The van der Waals surface area contributed by atoms with Crippen LogP contribution in [-0.4, -0.2) is 11.1 Å². The van der Waals surface area contributed by atoms with Crippen LogP contribution in [0, 0.1) is 0 Å². The third kappa shape index (κ3) is 7.52. The molecular weight excluding hydrogens is 224 g/mol. The molecule has 0 aliphatic carbocycles. The first kappa shape index (κ1) is 17.2. The average Bonchev–Trinajstić information content (AvgIpc) is 2.35. The Morgan fingerprint density at radius 1 is 0.778 bits per heavy atom. The largest absolute Gasteiger partial charge is 0.478 e. The molecule has 0 aromatic heterocycles. The highest BCUT2D eigenvalue weighted by atomic mass is 16.4. The van der Waals surface area contributed by atoms with Gasteiger partial charge in [0.1, 0.15) is 0 Å². The molecule has 0 aliphatic heterocycles. The van der Waals surface area contributed by atoms with Crippen LogP contribution in [0.15, 0.2) is 11.1 Å². The van der Waals surface area contributed by atoms with Gasteiger partial charge in [-0.25, -0.2) is 4.79 Å². The van der Waals surface area contributed by atoms with Gasteiger partial charge in [0.2, 0.25) is 0 Å². The molecular formula is C16H30O2. The Bertz CT molecular complexity index is 244. The zero-order chi connectivity index (χ0) is 13.8. The minimum absolute atomic E-state index is 0.687. The highest BCUT2D eigenvalue weighted by Gasteiger charge is 2.13. The summed E-state index contributed by atoms with van der Waals surface area (Å²) in [6.07, 6.45) is 10.5. The van der Waals surface area contributed by atoms with Gasteiger partial charge in [0, 0.05) is 5.57 Å². The molecule has 0 saturated heterocycles. The minimum Gasteiger partial charge on any atom is -0.478 e. The molecule has 0 bridgehead atoms. The summed E-state index contributed by atoms with van der Waals surface area (Å²) in [5.41, 5.74) is 1.92. The molecule has 0 aromatic carbocycles. The molecule has 2 nitrogen and oxygen atoms in total. The number of rotatable bonds is 11. The Labute approximate surface area is 112 Å². The summed E-state index contributed by atoms with van der Waals surface area (Å²) < 4.78 is 0. The van der Waals surface area contributed by atoms with Gasteiger partial charge in [-0.2, -0.15) is 0 Å². The Balaban J connectivity index is 4.70. The van der Waals surface area contributed by atoms with E-state index in [9.17, 15) is 9.90 Å². The van der Waals surface area contributed by atoms with E-state index < -0.39 is 5.97 Å². The number of hydrogen-bond donors (Lipinski definition) is 1. The van der Waals surface area contributed by atoms with Crippen LogP contribution < -0.4 is 0 Å². The monoisotopic (exact) mass is 254 g/mol. The van der Waals surface area contributed by atoms with Crippen LogP contribution in [0.5, 0.6) is 0 Å². The second-order valence-electron chi connectivity index (χ2n) is 5.05. The van der Waals surface area contributed by atoms with Gasteiger partial charge in [0.15, 0.2) is 0 Å². The first-order chi connectivity index (χ1) is 8.67. The van der Waals surface area contributed by atoms with Crippen molar-refractivity contribution in [3.05, 3.63) is 11.1 Å². The predicted molar refractivity (Wildman–Crippen MR) is 77.9 cm³/mol. The third-order valence-corrected chi connectivity index (χ3v) is 3.38. The van der Waals surface area contributed by atoms with Crippen LogP contribution in [0.4, 0.5) is 0 Å². The molecule has 0 aliphatic rings. The molecule has 106 valence electrons. The maximum atomic E-state index is 11.4. The molecule has 0 heterocycles. The third-order valence-electron chi connectivity index (χ3n) is 3.38. The lowest BCUT2D eigenvalue weighted by molar-refractivity contribution is -0.132. The van der Waals surface area contributed by atoms with Crippen LogP contribution in [0.25, 0.3) is 0 Å². The van der Waals surface area contributed by atoms with E-state index in [0.29, 0.717) is 5.57 Å². The lowest BCUT2D eigenvalue weighted by Gasteiger charge is -2.12. The quantitative estimate of drug-likeness (QED) is 0.400. The van der Waals surface area contributed by atoms with Gasteiger partial charge < -0.3 is 5.11 Å². The first-order valence-electron chi connectivity index (χ1n) is 7.61. The van der Waals surface area contributed by atoms with E-state index in [1.807, 2.05) is 0 Å². The first-order valence-corrected chi connectivity index (χ1v) is 7.61. The topological polar surface area (TPSA) is 37.3 Å². The molecule has 0 spiro atoms. The van der Waals surface area contributed by atoms with E-state index in [-0.39, 0.29) is 0 Å². The average molecular weight is 254 g/mol.